The van der Waals surface area contributed by atoms with Gasteiger partial charge >= 0.3 is 5.97 Å². The molecule has 2 heterocycles. The van der Waals surface area contributed by atoms with E-state index >= 15 is 0 Å². The zero-order chi connectivity index (χ0) is 21.8. The Morgan fingerprint density at radius 3 is 2.52 bits per heavy atom. The van der Waals surface area contributed by atoms with Crippen LogP contribution in [0.1, 0.15) is 34.7 Å². The highest BCUT2D eigenvalue weighted by Gasteiger charge is 2.24. The number of methoxy groups -OCH3 is 2. The van der Waals surface area contributed by atoms with E-state index in [1.54, 1.807) is 31.4 Å². The maximum Gasteiger partial charge on any atom is 0.337 e. The number of H-pyrrole nitrogens is 1. The number of fused-ring (bicyclic) bond motifs is 1. The normalized spacial score (nSPS) is 15.0. The standard InChI is InChI=1S/C24H27N3O4/c1-30-19-7-8-22-20(13-19)21(14-25-22)16-9-11-27(12-10-16)15-23(28)26-18-5-3-17(4-6-18)24(29)31-2/h3-8,13-14,16,25H,9-12,15H2,1-2H3,(H,26,28). The first kappa shape index (κ1) is 20.9. The molecule has 162 valence electrons. The maximum absolute atomic E-state index is 12.4. The summed E-state index contributed by atoms with van der Waals surface area (Å²) in [5, 5.41) is 4.11. The van der Waals surface area contributed by atoms with E-state index < -0.39 is 5.97 Å². The minimum atomic E-state index is -0.394. The average molecular weight is 421 g/mol. The van der Waals surface area contributed by atoms with Crippen molar-refractivity contribution in [2.75, 3.05) is 39.2 Å². The molecule has 1 aliphatic heterocycles. The van der Waals surface area contributed by atoms with E-state index in [0.717, 1.165) is 37.2 Å². The third-order valence-corrected chi connectivity index (χ3v) is 5.91. The van der Waals surface area contributed by atoms with Crippen molar-refractivity contribution in [1.29, 1.82) is 0 Å². The fraction of sp³-hybridized carbons (Fsp3) is 0.333. The Hall–Kier alpha value is -3.32. The molecule has 0 atom stereocenters. The van der Waals surface area contributed by atoms with Crippen LogP contribution >= 0.6 is 0 Å². The number of aromatic amines is 1. The van der Waals surface area contributed by atoms with E-state index in [-0.39, 0.29) is 5.91 Å². The number of aromatic nitrogens is 1. The largest absolute Gasteiger partial charge is 0.497 e. The van der Waals surface area contributed by atoms with Crippen molar-refractivity contribution in [2.24, 2.45) is 0 Å². The number of nitrogens with one attached hydrogen (secondary N) is 2. The summed E-state index contributed by atoms with van der Waals surface area (Å²) in [7, 11) is 3.03. The van der Waals surface area contributed by atoms with Crippen LogP contribution in [0.5, 0.6) is 5.75 Å². The van der Waals surface area contributed by atoms with Crippen LogP contribution in [-0.4, -0.2) is 55.6 Å². The Kier molecular flexibility index (Phi) is 6.23. The molecule has 0 spiro atoms. The van der Waals surface area contributed by atoms with Crippen LogP contribution in [0.2, 0.25) is 0 Å². The molecule has 1 aromatic heterocycles. The molecule has 1 aliphatic rings. The summed E-state index contributed by atoms with van der Waals surface area (Å²) < 4.78 is 10.1. The fourth-order valence-electron chi connectivity index (χ4n) is 4.20. The van der Waals surface area contributed by atoms with E-state index in [1.165, 1.54) is 18.1 Å². The Balaban J connectivity index is 1.31. The van der Waals surface area contributed by atoms with Crippen LogP contribution in [-0.2, 0) is 9.53 Å². The van der Waals surface area contributed by atoms with E-state index in [2.05, 4.69) is 38.3 Å². The third kappa shape index (κ3) is 4.72. The number of carbonyl (C=O) groups is 2. The van der Waals surface area contributed by atoms with Gasteiger partial charge in [0.1, 0.15) is 5.75 Å². The Bertz CT molecular complexity index is 1070. The SMILES string of the molecule is COC(=O)c1ccc(NC(=O)CN2CCC(c3c[nH]c4ccc(OC)cc34)CC2)cc1. The van der Waals surface area contributed by atoms with E-state index in [1.807, 2.05) is 6.07 Å². The van der Waals surface area contributed by atoms with E-state index in [4.69, 9.17) is 4.74 Å². The van der Waals surface area contributed by atoms with E-state index in [0.29, 0.717) is 23.7 Å². The molecule has 4 rings (SSSR count). The number of nitrogens with zero attached hydrogens (tertiary/aromatic N) is 1. The third-order valence-electron chi connectivity index (χ3n) is 5.91. The van der Waals surface area contributed by atoms with Gasteiger partial charge in [0.15, 0.2) is 0 Å². The summed E-state index contributed by atoms with van der Waals surface area (Å²) in [4.78, 5) is 29.5. The quantitative estimate of drug-likeness (QED) is 0.592. The summed E-state index contributed by atoms with van der Waals surface area (Å²) in [6.07, 6.45) is 4.12. The first-order valence-corrected chi connectivity index (χ1v) is 10.4. The van der Waals surface area contributed by atoms with Crippen molar-refractivity contribution < 1.29 is 19.1 Å². The first-order chi connectivity index (χ1) is 15.1. The van der Waals surface area contributed by atoms with Crippen molar-refractivity contribution >= 4 is 28.5 Å². The van der Waals surface area contributed by atoms with Gasteiger partial charge in [-0.2, -0.15) is 0 Å². The van der Waals surface area contributed by atoms with Crippen molar-refractivity contribution in [1.82, 2.24) is 9.88 Å². The monoisotopic (exact) mass is 421 g/mol. The minimum Gasteiger partial charge on any atom is -0.497 e. The number of piperidine rings is 1. The lowest BCUT2D eigenvalue weighted by Crippen LogP contribution is -2.38. The molecule has 0 saturated carbocycles. The fourth-order valence-corrected chi connectivity index (χ4v) is 4.20. The summed E-state index contributed by atoms with van der Waals surface area (Å²) in [6, 6.07) is 12.8. The Morgan fingerprint density at radius 2 is 1.84 bits per heavy atom. The second-order valence-corrected chi connectivity index (χ2v) is 7.82. The average Bonchev–Trinajstić information content (AvgIpc) is 3.22. The molecule has 7 nitrogen and oxygen atoms in total. The number of rotatable bonds is 6. The molecular weight excluding hydrogens is 394 g/mol. The number of carbonyl (C=O) groups excluding carboxylic acids is 2. The second-order valence-electron chi connectivity index (χ2n) is 7.82. The van der Waals surface area contributed by atoms with Crippen LogP contribution in [0.3, 0.4) is 0 Å². The summed E-state index contributed by atoms with van der Waals surface area (Å²) >= 11 is 0. The van der Waals surface area contributed by atoms with Gasteiger partial charge in [0, 0.05) is 22.8 Å². The zero-order valence-electron chi connectivity index (χ0n) is 17.8. The van der Waals surface area contributed by atoms with Crippen LogP contribution in [0, 0.1) is 0 Å². The Labute approximate surface area is 181 Å². The van der Waals surface area contributed by atoms with Gasteiger partial charge in [0.05, 0.1) is 26.3 Å². The Morgan fingerprint density at radius 1 is 1.10 bits per heavy atom. The van der Waals surface area contributed by atoms with Gasteiger partial charge in [0.25, 0.3) is 0 Å². The summed E-state index contributed by atoms with van der Waals surface area (Å²) in [6.45, 7) is 2.10. The van der Waals surface area contributed by atoms with E-state index in [9.17, 15) is 9.59 Å². The van der Waals surface area contributed by atoms with Gasteiger partial charge in [-0.05, 0) is 79.9 Å². The van der Waals surface area contributed by atoms with Gasteiger partial charge in [0.2, 0.25) is 5.91 Å². The van der Waals surface area contributed by atoms with Gasteiger partial charge in [-0.1, -0.05) is 0 Å². The lowest BCUT2D eigenvalue weighted by atomic mass is 9.89. The van der Waals surface area contributed by atoms with Crippen molar-refractivity contribution in [3.63, 3.8) is 0 Å². The zero-order valence-corrected chi connectivity index (χ0v) is 17.8. The van der Waals surface area contributed by atoms with Gasteiger partial charge in [-0.25, -0.2) is 4.79 Å². The van der Waals surface area contributed by atoms with Crippen molar-refractivity contribution in [3.05, 3.63) is 59.8 Å². The minimum absolute atomic E-state index is 0.0545. The van der Waals surface area contributed by atoms with Crippen LogP contribution in [0.15, 0.2) is 48.7 Å². The number of esters is 1. The van der Waals surface area contributed by atoms with Crippen LogP contribution < -0.4 is 10.1 Å². The molecule has 2 N–H and O–H groups in total. The molecular formula is C24H27N3O4. The molecule has 1 saturated heterocycles. The highest BCUT2D eigenvalue weighted by molar-refractivity contribution is 5.94. The second kappa shape index (κ2) is 9.22. The molecule has 0 radical (unpaired) electrons. The topological polar surface area (TPSA) is 83.7 Å². The highest BCUT2D eigenvalue weighted by atomic mass is 16.5. The molecule has 3 aromatic rings. The molecule has 0 bridgehead atoms. The number of hydrogen-bond donors (Lipinski definition) is 2. The molecule has 0 aliphatic carbocycles. The van der Waals surface area contributed by atoms with Crippen molar-refractivity contribution in [3.8, 4) is 5.75 Å². The van der Waals surface area contributed by atoms with Gasteiger partial charge < -0.3 is 19.8 Å². The molecule has 1 amide bonds. The van der Waals surface area contributed by atoms with Crippen LogP contribution in [0.4, 0.5) is 5.69 Å². The van der Waals surface area contributed by atoms with Gasteiger partial charge in [-0.3, -0.25) is 9.69 Å². The summed E-state index contributed by atoms with van der Waals surface area (Å²) in [5.41, 5.74) is 3.57. The number of anilines is 1. The van der Waals surface area contributed by atoms with Gasteiger partial charge in [-0.15, -0.1) is 0 Å². The molecule has 2 aromatic carbocycles. The number of ether oxygens (including phenoxy) is 2. The smallest absolute Gasteiger partial charge is 0.337 e. The molecule has 7 heteroatoms. The van der Waals surface area contributed by atoms with Crippen LogP contribution in [0.25, 0.3) is 10.9 Å². The number of likely N-dealkylation sites (tertiary alicyclic amines) is 1. The predicted octanol–water partition coefficient (Wildman–Crippen LogP) is 3.78. The lowest BCUT2D eigenvalue weighted by Gasteiger charge is -2.31. The number of amides is 1. The number of benzene rings is 2. The molecule has 1 fully saturated rings. The maximum atomic E-state index is 12.4. The number of hydrogen-bond acceptors (Lipinski definition) is 5. The molecule has 31 heavy (non-hydrogen) atoms. The van der Waals surface area contributed by atoms with Crippen molar-refractivity contribution in [2.45, 2.75) is 18.8 Å². The summed E-state index contributed by atoms with van der Waals surface area (Å²) in [5.74, 6) is 0.878. The molecule has 0 unspecified atom stereocenters. The highest BCUT2D eigenvalue weighted by Crippen LogP contribution is 2.34. The lowest BCUT2D eigenvalue weighted by molar-refractivity contribution is -0.117. The predicted molar refractivity (Wildman–Crippen MR) is 120 cm³/mol. The first-order valence-electron chi connectivity index (χ1n) is 10.4.